The standard InChI is InChI=1S/C24H37BrF2N4O2S/c1-18(2)28-11-13-29(14-12-28)21-6-9-31(10-7-21)34(32,33)23-4-3-20(25)16-22(23)30-8-5-19(17-30)15-24(26)27/h3-4,16,18-19,21,24H,5-15,17H2,1-2H3. The highest BCUT2D eigenvalue weighted by Gasteiger charge is 2.36. The molecule has 0 bridgehead atoms. The van der Waals surface area contributed by atoms with Crippen molar-refractivity contribution < 1.29 is 17.2 Å². The second-order valence-corrected chi connectivity index (χ2v) is 13.0. The molecule has 10 heteroatoms. The van der Waals surface area contributed by atoms with Crippen molar-refractivity contribution >= 4 is 31.6 Å². The normalized spacial score (nSPS) is 24.6. The van der Waals surface area contributed by atoms with Crippen LogP contribution < -0.4 is 4.90 Å². The minimum Gasteiger partial charge on any atom is -0.370 e. The van der Waals surface area contributed by atoms with Crippen molar-refractivity contribution in [3.05, 3.63) is 22.7 Å². The van der Waals surface area contributed by atoms with Gasteiger partial charge in [-0.15, -0.1) is 0 Å². The minimum absolute atomic E-state index is 0.110. The lowest BCUT2D eigenvalue weighted by Crippen LogP contribution is -2.54. The first kappa shape index (κ1) is 26.3. The first-order valence-electron chi connectivity index (χ1n) is 12.5. The second-order valence-electron chi connectivity index (χ2n) is 10.1. The van der Waals surface area contributed by atoms with Crippen LogP contribution in [-0.4, -0.2) is 93.4 Å². The number of hydrogen-bond acceptors (Lipinski definition) is 5. The first-order valence-corrected chi connectivity index (χ1v) is 14.7. The molecule has 0 N–H and O–H groups in total. The number of hydrogen-bond donors (Lipinski definition) is 0. The van der Waals surface area contributed by atoms with E-state index in [2.05, 4.69) is 39.6 Å². The first-order chi connectivity index (χ1) is 16.1. The predicted octanol–water partition coefficient (Wildman–Crippen LogP) is 4.11. The van der Waals surface area contributed by atoms with Gasteiger partial charge in [-0.1, -0.05) is 15.9 Å². The fourth-order valence-corrected chi connectivity index (χ4v) is 7.67. The van der Waals surface area contributed by atoms with Crippen LogP contribution in [0.1, 0.15) is 39.5 Å². The smallest absolute Gasteiger partial charge is 0.245 e. The van der Waals surface area contributed by atoms with Gasteiger partial charge in [0.05, 0.1) is 5.69 Å². The number of piperidine rings is 1. The molecule has 0 spiro atoms. The molecule has 0 radical (unpaired) electrons. The Kier molecular flexibility index (Phi) is 8.55. The van der Waals surface area contributed by atoms with Gasteiger partial charge in [-0.3, -0.25) is 9.80 Å². The van der Waals surface area contributed by atoms with Gasteiger partial charge in [-0.05, 0) is 57.2 Å². The molecular weight excluding hydrogens is 526 g/mol. The van der Waals surface area contributed by atoms with Crippen LogP contribution in [0.25, 0.3) is 0 Å². The fraction of sp³-hybridized carbons (Fsp3) is 0.750. The molecule has 192 valence electrons. The third-order valence-corrected chi connectivity index (χ3v) is 10.1. The van der Waals surface area contributed by atoms with E-state index in [9.17, 15) is 17.2 Å². The fourth-order valence-electron chi connectivity index (χ4n) is 5.66. The lowest BCUT2D eigenvalue weighted by atomic mass is 10.0. The lowest BCUT2D eigenvalue weighted by Gasteiger charge is -2.43. The molecule has 34 heavy (non-hydrogen) atoms. The Morgan fingerprint density at radius 1 is 1.00 bits per heavy atom. The molecule has 3 saturated heterocycles. The summed E-state index contributed by atoms with van der Waals surface area (Å²) in [5.41, 5.74) is 0.623. The van der Waals surface area contributed by atoms with Crippen molar-refractivity contribution in [1.29, 1.82) is 0 Å². The summed E-state index contributed by atoms with van der Waals surface area (Å²) in [7, 11) is -3.67. The molecule has 1 atom stereocenters. The van der Waals surface area contributed by atoms with Crippen LogP contribution in [0.15, 0.2) is 27.6 Å². The van der Waals surface area contributed by atoms with E-state index in [4.69, 9.17) is 0 Å². The van der Waals surface area contributed by atoms with Crippen LogP contribution in [0.3, 0.4) is 0 Å². The van der Waals surface area contributed by atoms with E-state index in [1.54, 1.807) is 16.4 Å². The van der Waals surface area contributed by atoms with Crippen molar-refractivity contribution in [3.8, 4) is 0 Å². The molecule has 0 amide bonds. The van der Waals surface area contributed by atoms with Gasteiger partial charge in [0.1, 0.15) is 4.90 Å². The number of piperazine rings is 1. The third-order valence-electron chi connectivity index (χ3n) is 7.70. The van der Waals surface area contributed by atoms with E-state index in [1.165, 1.54) is 0 Å². The largest absolute Gasteiger partial charge is 0.370 e. The molecule has 3 fully saturated rings. The zero-order chi connectivity index (χ0) is 24.5. The van der Waals surface area contributed by atoms with Gasteiger partial charge >= 0.3 is 0 Å². The average Bonchev–Trinajstić information content (AvgIpc) is 3.26. The van der Waals surface area contributed by atoms with E-state index in [1.807, 2.05) is 11.0 Å². The van der Waals surface area contributed by atoms with Gasteiger partial charge in [-0.25, -0.2) is 17.2 Å². The molecule has 0 aliphatic carbocycles. The van der Waals surface area contributed by atoms with E-state index < -0.39 is 16.4 Å². The number of benzene rings is 1. The van der Waals surface area contributed by atoms with Gasteiger partial charge in [0, 0.05) is 75.3 Å². The Labute approximate surface area is 211 Å². The maximum Gasteiger partial charge on any atom is 0.245 e. The summed E-state index contributed by atoms with van der Waals surface area (Å²) in [4.78, 5) is 7.28. The molecule has 0 aromatic heterocycles. The zero-order valence-electron chi connectivity index (χ0n) is 20.2. The zero-order valence-corrected chi connectivity index (χ0v) is 22.6. The molecule has 0 saturated carbocycles. The highest BCUT2D eigenvalue weighted by molar-refractivity contribution is 9.10. The van der Waals surface area contributed by atoms with Crippen molar-refractivity contribution in [1.82, 2.24) is 14.1 Å². The Morgan fingerprint density at radius 2 is 1.68 bits per heavy atom. The average molecular weight is 564 g/mol. The molecule has 6 nitrogen and oxygen atoms in total. The summed E-state index contributed by atoms with van der Waals surface area (Å²) >= 11 is 3.46. The Hall–Kier alpha value is -0.810. The molecule has 1 aromatic rings. The summed E-state index contributed by atoms with van der Waals surface area (Å²) in [6.45, 7) is 10.8. The van der Waals surface area contributed by atoms with Crippen LogP contribution in [-0.2, 0) is 10.0 Å². The van der Waals surface area contributed by atoms with Crippen LogP contribution in [0.5, 0.6) is 0 Å². The van der Waals surface area contributed by atoms with Crippen molar-refractivity contribution in [3.63, 3.8) is 0 Å². The molecule has 3 aliphatic rings. The SMILES string of the molecule is CC(C)N1CCN(C2CCN(S(=O)(=O)c3ccc(Br)cc3N3CCC(CC(F)F)C3)CC2)CC1. The topological polar surface area (TPSA) is 47.1 Å². The number of nitrogens with zero attached hydrogens (tertiary/aromatic N) is 4. The number of halogens is 3. The Bertz CT molecular complexity index is 933. The van der Waals surface area contributed by atoms with Crippen molar-refractivity contribution in [2.24, 2.45) is 5.92 Å². The maximum atomic E-state index is 13.7. The molecule has 3 heterocycles. The van der Waals surface area contributed by atoms with Crippen LogP contribution >= 0.6 is 15.9 Å². The molecular formula is C24H37BrF2N4O2S. The highest BCUT2D eigenvalue weighted by Crippen LogP contribution is 2.36. The van der Waals surface area contributed by atoms with Crippen molar-refractivity contribution in [2.75, 3.05) is 57.3 Å². The van der Waals surface area contributed by atoms with Gasteiger partial charge in [0.25, 0.3) is 0 Å². The van der Waals surface area contributed by atoms with Crippen molar-refractivity contribution in [2.45, 2.75) is 62.9 Å². The third kappa shape index (κ3) is 5.94. The molecule has 1 unspecified atom stereocenters. The summed E-state index contributed by atoms with van der Waals surface area (Å²) in [6.07, 6.45) is -0.123. The summed E-state index contributed by atoms with van der Waals surface area (Å²) < 4.78 is 55.5. The van der Waals surface area contributed by atoms with Gasteiger partial charge in [0.15, 0.2) is 0 Å². The lowest BCUT2D eigenvalue weighted by molar-refractivity contribution is 0.0593. The van der Waals surface area contributed by atoms with Crippen LogP contribution in [0.4, 0.5) is 14.5 Å². The summed E-state index contributed by atoms with van der Waals surface area (Å²) in [6, 6.07) is 6.23. The van der Waals surface area contributed by atoms with Gasteiger partial charge in [0.2, 0.25) is 16.4 Å². The number of anilines is 1. The van der Waals surface area contributed by atoms with Gasteiger partial charge in [-0.2, -0.15) is 4.31 Å². The highest BCUT2D eigenvalue weighted by atomic mass is 79.9. The number of alkyl halides is 2. The maximum absolute atomic E-state index is 13.7. The van der Waals surface area contributed by atoms with E-state index in [0.29, 0.717) is 50.4 Å². The van der Waals surface area contributed by atoms with Crippen LogP contribution in [0, 0.1) is 5.92 Å². The Morgan fingerprint density at radius 3 is 2.29 bits per heavy atom. The molecule has 4 rings (SSSR count). The van der Waals surface area contributed by atoms with E-state index in [-0.39, 0.29) is 17.2 Å². The quantitative estimate of drug-likeness (QED) is 0.500. The molecule has 1 aromatic carbocycles. The van der Waals surface area contributed by atoms with Gasteiger partial charge < -0.3 is 4.90 Å². The predicted molar refractivity (Wildman–Crippen MR) is 135 cm³/mol. The Balaban J connectivity index is 1.42. The van der Waals surface area contributed by atoms with E-state index >= 15 is 0 Å². The summed E-state index contributed by atoms with van der Waals surface area (Å²) in [5, 5.41) is 0. The summed E-state index contributed by atoms with van der Waals surface area (Å²) in [5.74, 6) is -0.110. The second kappa shape index (κ2) is 11.1. The minimum atomic E-state index is -3.67. The molecule has 3 aliphatic heterocycles. The number of sulfonamides is 1. The monoisotopic (exact) mass is 562 g/mol. The van der Waals surface area contributed by atoms with Crippen LogP contribution in [0.2, 0.25) is 0 Å². The van der Waals surface area contributed by atoms with E-state index in [0.717, 1.165) is 43.5 Å². The number of rotatable bonds is 7.